The molecule has 2 heterocycles. The van der Waals surface area contributed by atoms with Crippen molar-refractivity contribution in [2.75, 3.05) is 11.9 Å². The highest BCUT2D eigenvalue weighted by Crippen LogP contribution is 2.31. The van der Waals surface area contributed by atoms with Gasteiger partial charge in [0.2, 0.25) is 5.91 Å². The molecule has 35 heavy (non-hydrogen) atoms. The first-order chi connectivity index (χ1) is 16.8. The van der Waals surface area contributed by atoms with Crippen LogP contribution in [0.1, 0.15) is 23.5 Å². The summed E-state index contributed by atoms with van der Waals surface area (Å²) in [6.07, 6.45) is 2.33. The molecule has 0 saturated carbocycles. The fraction of sp³-hybridized carbons (Fsp3) is 0.208. The number of hydrogen-bond donors (Lipinski definition) is 3. The minimum Gasteiger partial charge on any atom is -0.395 e. The van der Waals surface area contributed by atoms with Crippen LogP contribution in [0.5, 0.6) is 0 Å². The highest BCUT2D eigenvalue weighted by Gasteiger charge is 2.29. The molecule has 0 fully saturated rings. The van der Waals surface area contributed by atoms with E-state index in [-0.39, 0.29) is 24.4 Å². The Bertz CT molecular complexity index is 1440. The summed E-state index contributed by atoms with van der Waals surface area (Å²) in [5.74, 6) is -1.74. The predicted octanol–water partition coefficient (Wildman–Crippen LogP) is 0.960. The lowest BCUT2D eigenvalue weighted by Gasteiger charge is -2.24. The number of anilines is 1. The first-order valence-corrected chi connectivity index (χ1v) is 10.8. The topological polar surface area (TPSA) is 135 Å². The number of nitrogens with zero attached hydrogens (tertiary/aromatic N) is 3. The van der Waals surface area contributed by atoms with E-state index in [0.717, 1.165) is 15.4 Å². The Labute approximate surface area is 198 Å². The number of halogens is 1. The average Bonchev–Trinajstić information content (AvgIpc) is 2.84. The lowest BCUT2D eigenvalue weighted by molar-refractivity contribution is -0.121. The van der Waals surface area contributed by atoms with Crippen molar-refractivity contribution >= 4 is 17.5 Å². The molecule has 0 saturated heterocycles. The summed E-state index contributed by atoms with van der Waals surface area (Å²) in [5, 5.41) is 18.4. The molecule has 2 aromatic carbocycles. The maximum absolute atomic E-state index is 13.4. The number of aliphatic hydroxyl groups excluding tert-OH is 1. The third-order valence-electron chi connectivity index (χ3n) is 5.69. The summed E-state index contributed by atoms with van der Waals surface area (Å²) in [6.45, 7) is 1.19. The van der Waals surface area contributed by atoms with Gasteiger partial charge in [-0.1, -0.05) is 18.2 Å². The van der Waals surface area contributed by atoms with Gasteiger partial charge in [-0.05, 0) is 42.3 Å². The van der Waals surface area contributed by atoms with Crippen LogP contribution < -0.4 is 21.9 Å². The number of aromatic nitrogens is 3. The second-order valence-electron chi connectivity index (χ2n) is 7.98. The molecule has 1 aliphatic heterocycles. The highest BCUT2D eigenvalue weighted by atomic mass is 19.1. The van der Waals surface area contributed by atoms with E-state index in [9.17, 15) is 23.6 Å². The second kappa shape index (κ2) is 9.85. The summed E-state index contributed by atoms with van der Waals surface area (Å²) in [5.41, 5.74) is 0.904. The molecule has 0 bridgehead atoms. The molecule has 180 valence electrons. The van der Waals surface area contributed by atoms with Crippen molar-refractivity contribution in [2.24, 2.45) is 0 Å². The van der Waals surface area contributed by atoms with Gasteiger partial charge in [-0.15, -0.1) is 0 Å². The molecule has 1 atom stereocenters. The molecule has 0 spiro atoms. The Morgan fingerprint density at radius 3 is 2.66 bits per heavy atom. The Balaban J connectivity index is 1.66. The van der Waals surface area contributed by atoms with Gasteiger partial charge in [0.25, 0.3) is 11.5 Å². The fourth-order valence-electron chi connectivity index (χ4n) is 3.82. The van der Waals surface area contributed by atoms with E-state index in [0.29, 0.717) is 22.5 Å². The number of amides is 2. The number of carbonyl (C=O) groups excluding carboxylic acids is 2. The van der Waals surface area contributed by atoms with Crippen LogP contribution >= 0.6 is 0 Å². The van der Waals surface area contributed by atoms with Gasteiger partial charge in [0.15, 0.2) is 0 Å². The van der Waals surface area contributed by atoms with Crippen LogP contribution in [0.3, 0.4) is 0 Å². The zero-order valence-corrected chi connectivity index (χ0v) is 18.7. The normalized spacial score (nSPS) is 15.3. The first-order valence-electron chi connectivity index (χ1n) is 10.8. The molecule has 0 radical (unpaired) electrons. The van der Waals surface area contributed by atoms with E-state index < -0.39 is 35.5 Å². The summed E-state index contributed by atoms with van der Waals surface area (Å²) in [4.78, 5) is 49.8. The van der Waals surface area contributed by atoms with Gasteiger partial charge in [0, 0.05) is 29.8 Å². The molecular weight excluding hydrogens is 457 g/mol. The third kappa shape index (κ3) is 4.94. The lowest BCUT2D eigenvalue weighted by Crippen LogP contribution is -2.40. The molecule has 3 N–H and O–H groups in total. The third-order valence-corrected chi connectivity index (χ3v) is 5.69. The van der Waals surface area contributed by atoms with E-state index in [1.54, 1.807) is 19.1 Å². The molecule has 3 aromatic rings. The van der Waals surface area contributed by atoms with Crippen LogP contribution in [0.4, 0.5) is 10.1 Å². The summed E-state index contributed by atoms with van der Waals surface area (Å²) in [6, 6.07) is 10.4. The van der Waals surface area contributed by atoms with Gasteiger partial charge < -0.3 is 15.7 Å². The number of hydrogen-bond acceptors (Lipinski definition) is 6. The molecule has 4 rings (SSSR count). The van der Waals surface area contributed by atoms with Crippen LogP contribution in [0.2, 0.25) is 0 Å². The summed E-state index contributed by atoms with van der Waals surface area (Å²) in [7, 11) is 0. The Hall–Kier alpha value is -4.38. The minimum atomic E-state index is -0.734. The maximum Gasteiger partial charge on any atom is 0.352 e. The smallest absolute Gasteiger partial charge is 0.352 e. The van der Waals surface area contributed by atoms with E-state index >= 15 is 0 Å². The Morgan fingerprint density at radius 1 is 1.20 bits per heavy atom. The zero-order chi connectivity index (χ0) is 25.1. The maximum atomic E-state index is 13.4. The Morgan fingerprint density at radius 2 is 1.94 bits per heavy atom. The highest BCUT2D eigenvalue weighted by molar-refractivity contribution is 6.06. The second-order valence-corrected chi connectivity index (χ2v) is 7.98. The molecule has 1 aromatic heterocycles. The number of nitrogens with one attached hydrogen (secondary N) is 2. The number of aryl methyl sites for hydroxylation is 1. The van der Waals surface area contributed by atoms with Gasteiger partial charge in [-0.25, -0.2) is 9.18 Å². The van der Waals surface area contributed by atoms with Crippen molar-refractivity contribution < 1.29 is 19.1 Å². The molecule has 11 heteroatoms. The number of aliphatic hydroxyl groups is 1. The monoisotopic (exact) mass is 479 g/mol. The zero-order valence-electron chi connectivity index (χ0n) is 18.7. The average molecular weight is 479 g/mol. The summed E-state index contributed by atoms with van der Waals surface area (Å²) < 4.78 is 15.2. The van der Waals surface area contributed by atoms with Crippen LogP contribution in [0, 0.1) is 12.7 Å². The molecule has 1 aliphatic rings. The summed E-state index contributed by atoms with van der Waals surface area (Å²) >= 11 is 0. The van der Waals surface area contributed by atoms with Gasteiger partial charge in [-0.2, -0.15) is 9.78 Å². The number of benzene rings is 2. The van der Waals surface area contributed by atoms with Crippen molar-refractivity contribution in [2.45, 2.75) is 25.8 Å². The van der Waals surface area contributed by atoms with Crippen LogP contribution in [0.15, 0.2) is 70.0 Å². The Kier molecular flexibility index (Phi) is 6.69. The van der Waals surface area contributed by atoms with Gasteiger partial charge >= 0.3 is 5.69 Å². The largest absolute Gasteiger partial charge is 0.395 e. The van der Waals surface area contributed by atoms with Crippen molar-refractivity contribution in [3.63, 3.8) is 0 Å². The van der Waals surface area contributed by atoms with Gasteiger partial charge in [-0.3, -0.25) is 19.0 Å². The molecule has 2 amide bonds. The van der Waals surface area contributed by atoms with Crippen molar-refractivity contribution in [1.82, 2.24) is 19.7 Å². The van der Waals surface area contributed by atoms with Gasteiger partial charge in [0.05, 0.1) is 18.8 Å². The van der Waals surface area contributed by atoms with Crippen LogP contribution in [0.25, 0.3) is 5.69 Å². The van der Waals surface area contributed by atoms with Crippen LogP contribution in [-0.2, 0) is 16.1 Å². The number of rotatable bonds is 6. The van der Waals surface area contributed by atoms with E-state index in [2.05, 4.69) is 15.7 Å². The number of carbonyl (C=O) groups is 2. The molecule has 0 aliphatic carbocycles. The standard InChI is InChI=1S/C24H22FN5O5/c1-14-2-7-17(30-24(35)29(8-9-31)22(33)13-27-30)10-20(14)28-23(34)19-12-26-21(32)11-18(19)15-3-5-16(25)6-4-15/h2-7,10,12-13,18,31H,8-9,11H2,1H3,(H,26,32)(H,28,34)/t18-/m0/s1. The van der Waals surface area contributed by atoms with Crippen molar-refractivity contribution in [3.8, 4) is 5.69 Å². The van der Waals surface area contributed by atoms with Gasteiger partial charge in [0.1, 0.15) is 12.0 Å². The molecular formula is C24H22FN5O5. The SMILES string of the molecule is Cc1ccc(-n2ncc(=O)n(CCO)c2=O)cc1NC(=O)C1=CNC(=O)C[C@H]1c1ccc(F)cc1. The minimum absolute atomic E-state index is 0.0234. The molecule has 10 nitrogen and oxygen atoms in total. The first kappa shape index (κ1) is 23.8. The van der Waals surface area contributed by atoms with E-state index in [4.69, 9.17) is 5.11 Å². The van der Waals surface area contributed by atoms with E-state index in [1.165, 1.54) is 36.5 Å². The quantitative estimate of drug-likeness (QED) is 0.482. The van der Waals surface area contributed by atoms with Crippen LogP contribution in [-0.4, -0.2) is 37.9 Å². The van der Waals surface area contributed by atoms with E-state index in [1.807, 2.05) is 0 Å². The molecule has 0 unspecified atom stereocenters. The lowest BCUT2D eigenvalue weighted by atomic mass is 9.86. The van der Waals surface area contributed by atoms with Crippen molar-refractivity contribution in [3.05, 3.63) is 98.2 Å². The fourth-order valence-corrected chi connectivity index (χ4v) is 3.82. The van der Waals surface area contributed by atoms with Crippen molar-refractivity contribution in [1.29, 1.82) is 0 Å². The predicted molar refractivity (Wildman–Crippen MR) is 125 cm³/mol.